The molecular formula is C22H27ClN2O3S. The first-order valence-corrected chi connectivity index (χ1v) is 11.7. The van der Waals surface area contributed by atoms with Crippen LogP contribution in [-0.2, 0) is 10.0 Å². The summed E-state index contributed by atoms with van der Waals surface area (Å²) in [5.74, 6) is -0.391. The van der Waals surface area contributed by atoms with E-state index in [1.54, 1.807) is 0 Å². The van der Waals surface area contributed by atoms with Crippen molar-refractivity contribution in [2.24, 2.45) is 0 Å². The van der Waals surface area contributed by atoms with Crippen molar-refractivity contribution in [3.05, 3.63) is 63.7 Å². The van der Waals surface area contributed by atoms with Crippen molar-refractivity contribution in [3.8, 4) is 0 Å². The SMILES string of the molecule is Cc1ccc([C@@H](C)NC(=O)c2cc(S(=O)(=O)N3CCCCC3)ccc2Cl)c(C)c1. The molecule has 0 radical (unpaired) electrons. The predicted octanol–water partition coefficient (Wildman–Crippen LogP) is 4.62. The second kappa shape index (κ2) is 8.86. The summed E-state index contributed by atoms with van der Waals surface area (Å²) in [4.78, 5) is 13.0. The highest BCUT2D eigenvalue weighted by Crippen LogP contribution is 2.26. The number of hydrogen-bond acceptors (Lipinski definition) is 3. The van der Waals surface area contributed by atoms with Crippen LogP contribution < -0.4 is 5.32 Å². The van der Waals surface area contributed by atoms with Crippen LogP contribution in [0.4, 0.5) is 0 Å². The molecule has 0 aromatic heterocycles. The summed E-state index contributed by atoms with van der Waals surface area (Å²) in [5.41, 5.74) is 3.42. The summed E-state index contributed by atoms with van der Waals surface area (Å²) in [6.45, 7) is 6.95. The minimum Gasteiger partial charge on any atom is -0.345 e. The first kappa shape index (κ1) is 21.8. The minimum atomic E-state index is -3.63. The minimum absolute atomic E-state index is 0.105. The van der Waals surface area contributed by atoms with Gasteiger partial charge in [-0.25, -0.2) is 8.42 Å². The average Bonchev–Trinajstić information content (AvgIpc) is 2.68. The molecule has 1 N–H and O–H groups in total. The highest BCUT2D eigenvalue weighted by atomic mass is 35.5. The third kappa shape index (κ3) is 4.82. The Labute approximate surface area is 178 Å². The maximum atomic E-state index is 12.9. The molecule has 2 aromatic rings. The second-order valence-electron chi connectivity index (χ2n) is 7.66. The van der Waals surface area contributed by atoms with E-state index in [1.165, 1.54) is 22.5 Å². The Kier molecular flexibility index (Phi) is 6.66. The molecule has 1 atom stereocenters. The number of halogens is 1. The standard InChI is InChI=1S/C22H27ClN2O3S/c1-15-7-9-19(16(2)13-15)17(3)24-22(26)20-14-18(8-10-21(20)23)29(27,28)25-11-5-4-6-12-25/h7-10,13-14,17H,4-6,11-12H2,1-3H3,(H,24,26)/t17-/m1/s1. The van der Waals surface area contributed by atoms with E-state index in [2.05, 4.69) is 11.4 Å². The molecule has 1 heterocycles. The maximum absolute atomic E-state index is 12.9. The number of benzene rings is 2. The fourth-order valence-corrected chi connectivity index (χ4v) is 5.50. The Morgan fingerprint density at radius 1 is 1.07 bits per heavy atom. The number of rotatable bonds is 5. The highest BCUT2D eigenvalue weighted by molar-refractivity contribution is 7.89. The maximum Gasteiger partial charge on any atom is 0.253 e. The van der Waals surface area contributed by atoms with Gasteiger partial charge < -0.3 is 5.32 Å². The smallest absolute Gasteiger partial charge is 0.253 e. The van der Waals surface area contributed by atoms with Crippen LogP contribution in [0.15, 0.2) is 41.3 Å². The van der Waals surface area contributed by atoms with E-state index in [4.69, 9.17) is 11.6 Å². The summed E-state index contributed by atoms with van der Waals surface area (Å²) in [6.07, 6.45) is 2.75. The van der Waals surface area contributed by atoms with Crippen LogP contribution in [0.3, 0.4) is 0 Å². The van der Waals surface area contributed by atoms with Crippen LogP contribution >= 0.6 is 11.6 Å². The number of amides is 1. The Morgan fingerprint density at radius 3 is 2.41 bits per heavy atom. The number of nitrogens with one attached hydrogen (secondary N) is 1. The van der Waals surface area contributed by atoms with E-state index in [0.717, 1.165) is 36.0 Å². The van der Waals surface area contributed by atoms with E-state index in [9.17, 15) is 13.2 Å². The summed E-state index contributed by atoms with van der Waals surface area (Å²) in [5, 5.41) is 3.17. The molecule has 29 heavy (non-hydrogen) atoms. The first-order valence-electron chi connectivity index (χ1n) is 9.88. The summed E-state index contributed by atoms with van der Waals surface area (Å²) in [6, 6.07) is 10.2. The molecule has 3 rings (SSSR count). The van der Waals surface area contributed by atoms with E-state index in [1.807, 2.05) is 32.9 Å². The zero-order chi connectivity index (χ0) is 21.2. The van der Waals surface area contributed by atoms with E-state index >= 15 is 0 Å². The van der Waals surface area contributed by atoms with Gasteiger partial charge in [-0.1, -0.05) is 41.8 Å². The topological polar surface area (TPSA) is 66.5 Å². The van der Waals surface area contributed by atoms with Gasteiger partial charge in [0.2, 0.25) is 10.0 Å². The molecule has 1 aliphatic rings. The van der Waals surface area contributed by atoms with E-state index in [-0.39, 0.29) is 21.5 Å². The van der Waals surface area contributed by atoms with Crippen molar-refractivity contribution < 1.29 is 13.2 Å². The van der Waals surface area contributed by atoms with Gasteiger partial charge in [0.05, 0.1) is 21.5 Å². The van der Waals surface area contributed by atoms with E-state index < -0.39 is 15.9 Å². The fourth-order valence-electron chi connectivity index (χ4n) is 3.76. The van der Waals surface area contributed by atoms with Gasteiger partial charge in [-0.05, 0) is 62.9 Å². The summed E-state index contributed by atoms with van der Waals surface area (Å²) in [7, 11) is -3.63. The van der Waals surface area contributed by atoms with Crippen molar-refractivity contribution in [1.29, 1.82) is 0 Å². The van der Waals surface area contributed by atoms with Crippen LogP contribution in [0.5, 0.6) is 0 Å². The first-order chi connectivity index (χ1) is 13.7. The quantitative estimate of drug-likeness (QED) is 0.746. The van der Waals surface area contributed by atoms with Crippen LogP contribution in [0, 0.1) is 13.8 Å². The number of hydrogen-bond donors (Lipinski definition) is 1. The molecule has 1 saturated heterocycles. The Bertz CT molecular complexity index is 1010. The van der Waals surface area contributed by atoms with Gasteiger partial charge in [-0.2, -0.15) is 4.31 Å². The number of aryl methyl sites for hydroxylation is 2. The second-order valence-corrected chi connectivity index (χ2v) is 10.0. The van der Waals surface area contributed by atoms with Gasteiger partial charge in [0.1, 0.15) is 0 Å². The zero-order valence-electron chi connectivity index (χ0n) is 17.0. The number of carbonyl (C=O) groups excluding carboxylic acids is 1. The van der Waals surface area contributed by atoms with Gasteiger partial charge in [0.15, 0.2) is 0 Å². The van der Waals surface area contributed by atoms with Gasteiger partial charge in [-0.15, -0.1) is 0 Å². The fraction of sp³-hybridized carbons (Fsp3) is 0.409. The highest BCUT2D eigenvalue weighted by Gasteiger charge is 2.27. The van der Waals surface area contributed by atoms with Crippen LogP contribution in [-0.4, -0.2) is 31.7 Å². The number of piperidine rings is 1. The third-order valence-corrected chi connectivity index (χ3v) is 7.60. The molecule has 2 aromatic carbocycles. The van der Waals surface area contributed by atoms with Crippen LogP contribution in [0.2, 0.25) is 5.02 Å². The van der Waals surface area contributed by atoms with Crippen molar-refractivity contribution in [2.75, 3.05) is 13.1 Å². The number of sulfonamides is 1. The van der Waals surface area contributed by atoms with Gasteiger partial charge in [0.25, 0.3) is 5.91 Å². The normalized spacial score (nSPS) is 16.4. The average molecular weight is 435 g/mol. The molecule has 0 saturated carbocycles. The molecular weight excluding hydrogens is 408 g/mol. The van der Waals surface area contributed by atoms with Crippen LogP contribution in [0.25, 0.3) is 0 Å². The van der Waals surface area contributed by atoms with Crippen LogP contribution in [0.1, 0.15) is 59.3 Å². The molecule has 0 aliphatic carbocycles. The molecule has 1 fully saturated rings. The number of nitrogens with zero attached hydrogens (tertiary/aromatic N) is 1. The Balaban J connectivity index is 1.84. The van der Waals surface area contributed by atoms with Gasteiger partial charge in [0, 0.05) is 13.1 Å². The van der Waals surface area contributed by atoms with Gasteiger partial charge in [-0.3, -0.25) is 4.79 Å². The predicted molar refractivity (Wildman–Crippen MR) is 116 cm³/mol. The monoisotopic (exact) mass is 434 g/mol. The lowest BCUT2D eigenvalue weighted by Crippen LogP contribution is -2.35. The van der Waals surface area contributed by atoms with Crippen molar-refractivity contribution >= 4 is 27.5 Å². The molecule has 156 valence electrons. The molecule has 0 unspecified atom stereocenters. The zero-order valence-corrected chi connectivity index (χ0v) is 18.6. The number of carbonyl (C=O) groups is 1. The lowest BCUT2D eigenvalue weighted by Gasteiger charge is -2.26. The molecule has 0 bridgehead atoms. The molecule has 0 spiro atoms. The summed E-state index contributed by atoms with van der Waals surface area (Å²) < 4.78 is 27.4. The molecule has 1 amide bonds. The lowest BCUT2D eigenvalue weighted by atomic mass is 10.00. The molecule has 7 heteroatoms. The van der Waals surface area contributed by atoms with Crippen molar-refractivity contribution in [1.82, 2.24) is 9.62 Å². The lowest BCUT2D eigenvalue weighted by molar-refractivity contribution is 0.0939. The van der Waals surface area contributed by atoms with Crippen molar-refractivity contribution in [2.45, 2.75) is 51.0 Å². The molecule has 1 aliphatic heterocycles. The third-order valence-electron chi connectivity index (χ3n) is 5.37. The molecule has 5 nitrogen and oxygen atoms in total. The largest absolute Gasteiger partial charge is 0.345 e. The summed E-state index contributed by atoms with van der Waals surface area (Å²) >= 11 is 6.24. The Hall–Kier alpha value is -1.89. The van der Waals surface area contributed by atoms with Gasteiger partial charge >= 0.3 is 0 Å². The Morgan fingerprint density at radius 2 is 1.76 bits per heavy atom. The van der Waals surface area contributed by atoms with E-state index in [0.29, 0.717) is 13.1 Å². The van der Waals surface area contributed by atoms with Crippen molar-refractivity contribution in [3.63, 3.8) is 0 Å².